The van der Waals surface area contributed by atoms with Gasteiger partial charge in [0.25, 0.3) is 0 Å². The molecule has 0 radical (unpaired) electrons. The van der Waals surface area contributed by atoms with Gasteiger partial charge >= 0.3 is 5.97 Å². The monoisotopic (exact) mass is 451 g/mol. The molecule has 2 heterocycles. The van der Waals surface area contributed by atoms with Crippen molar-refractivity contribution in [2.75, 3.05) is 13.9 Å². The number of ketones is 1. The number of halogens is 1. The quantitative estimate of drug-likeness (QED) is 0.687. The number of fused-ring (bicyclic) bond motifs is 1. The summed E-state index contributed by atoms with van der Waals surface area (Å²) in [5.41, 5.74) is 4.14. The molecule has 0 aromatic heterocycles. The van der Waals surface area contributed by atoms with Crippen LogP contribution in [0.3, 0.4) is 0 Å². The number of dihydropyridines is 1. The van der Waals surface area contributed by atoms with E-state index in [9.17, 15) is 9.59 Å². The van der Waals surface area contributed by atoms with Gasteiger partial charge in [-0.2, -0.15) is 0 Å². The van der Waals surface area contributed by atoms with Gasteiger partial charge in [0.2, 0.25) is 6.79 Å². The lowest BCUT2D eigenvalue weighted by Crippen LogP contribution is -2.36. The lowest BCUT2D eigenvalue weighted by molar-refractivity contribution is -0.136. The fourth-order valence-corrected chi connectivity index (χ4v) is 5.11. The van der Waals surface area contributed by atoms with E-state index in [1.54, 1.807) is 12.1 Å². The van der Waals surface area contributed by atoms with Crippen LogP contribution in [0.15, 0.2) is 65.0 Å². The molecule has 2 aromatic rings. The minimum absolute atomic E-state index is 0.0137. The summed E-state index contributed by atoms with van der Waals surface area (Å²) in [5.74, 6) is -0.0163. The molecule has 164 valence electrons. The summed E-state index contributed by atoms with van der Waals surface area (Å²) in [5, 5.41) is 3.73. The normalized spacial score (nSPS) is 21.9. The molecule has 5 rings (SSSR count). The molecule has 0 bridgehead atoms. The molecule has 1 N–H and O–H groups in total. The Kier molecular flexibility index (Phi) is 5.18. The zero-order valence-corrected chi connectivity index (χ0v) is 18.5. The van der Waals surface area contributed by atoms with Crippen molar-refractivity contribution in [3.05, 3.63) is 81.2 Å². The van der Waals surface area contributed by atoms with Gasteiger partial charge in [-0.25, -0.2) is 4.79 Å². The van der Waals surface area contributed by atoms with E-state index in [2.05, 4.69) is 5.32 Å². The maximum absolute atomic E-state index is 13.5. The second kappa shape index (κ2) is 8.02. The van der Waals surface area contributed by atoms with Crippen molar-refractivity contribution >= 4 is 23.4 Å². The molecule has 2 atom stereocenters. The van der Waals surface area contributed by atoms with Gasteiger partial charge in [-0.05, 0) is 36.5 Å². The number of Topliss-reactive ketones (excluding diaryl/α,β-unsaturated/α-hetero) is 1. The second-order valence-corrected chi connectivity index (χ2v) is 8.55. The predicted octanol–water partition coefficient (Wildman–Crippen LogP) is 4.60. The van der Waals surface area contributed by atoms with Crippen LogP contribution in [0.5, 0.6) is 11.5 Å². The smallest absolute Gasteiger partial charge is 0.336 e. The Labute approximate surface area is 190 Å². The van der Waals surface area contributed by atoms with E-state index >= 15 is 0 Å². The minimum Gasteiger partial charge on any atom is -0.466 e. The first-order chi connectivity index (χ1) is 15.5. The third-order valence-corrected chi connectivity index (χ3v) is 6.63. The Morgan fingerprint density at radius 3 is 2.56 bits per heavy atom. The molecule has 0 saturated heterocycles. The van der Waals surface area contributed by atoms with Crippen LogP contribution >= 0.6 is 11.6 Å². The summed E-state index contributed by atoms with van der Waals surface area (Å²) in [4.78, 5) is 26.4. The number of allylic oxidation sites excluding steroid dienone is 3. The number of hydrogen-bond acceptors (Lipinski definition) is 6. The Bertz CT molecular complexity index is 1180. The Morgan fingerprint density at radius 1 is 1.12 bits per heavy atom. The molecule has 0 saturated carbocycles. The van der Waals surface area contributed by atoms with Crippen molar-refractivity contribution in [3.63, 3.8) is 0 Å². The van der Waals surface area contributed by atoms with E-state index in [0.717, 1.165) is 11.3 Å². The average molecular weight is 452 g/mol. The highest BCUT2D eigenvalue weighted by atomic mass is 35.5. The molecule has 2 aromatic carbocycles. The molecule has 0 fully saturated rings. The van der Waals surface area contributed by atoms with Gasteiger partial charge in [-0.15, -0.1) is 0 Å². The summed E-state index contributed by atoms with van der Waals surface area (Å²) >= 11 is 6.64. The van der Waals surface area contributed by atoms with Crippen molar-refractivity contribution in [2.45, 2.75) is 31.6 Å². The average Bonchev–Trinajstić information content (AvgIpc) is 3.24. The number of benzene rings is 2. The standard InChI is InChI=1S/C25H22ClNO5/c1-13-22(25(29)30-2)23(16-10-20-21(11-17(16)26)32-12-31-20)24-18(27-13)8-15(9-19(24)28)14-6-4-3-5-7-14/h3-7,10-11,15,23,27H,8-9,12H2,1-2H3/t15-,23+/m1/s1. The maximum Gasteiger partial charge on any atom is 0.336 e. The minimum atomic E-state index is -0.648. The Morgan fingerprint density at radius 2 is 1.84 bits per heavy atom. The number of nitrogens with one attached hydrogen (secondary N) is 1. The molecule has 2 aliphatic heterocycles. The van der Waals surface area contributed by atoms with E-state index in [0.29, 0.717) is 51.8 Å². The second-order valence-electron chi connectivity index (χ2n) is 8.15. The third-order valence-electron chi connectivity index (χ3n) is 6.31. The molecule has 0 amide bonds. The van der Waals surface area contributed by atoms with Crippen LogP contribution in [0.2, 0.25) is 5.02 Å². The Hall–Kier alpha value is -3.25. The predicted molar refractivity (Wildman–Crippen MR) is 119 cm³/mol. The third kappa shape index (κ3) is 3.35. The molecule has 0 spiro atoms. The molecule has 3 aliphatic rings. The number of ether oxygens (including phenoxy) is 3. The SMILES string of the molecule is COC(=O)C1=C(C)NC2=C(C(=O)C[C@H](c3ccccc3)C2)[C@H]1c1cc2c(cc1Cl)OCO2. The summed E-state index contributed by atoms with van der Waals surface area (Å²) in [6, 6.07) is 13.4. The van der Waals surface area contributed by atoms with E-state index in [1.807, 2.05) is 37.3 Å². The maximum atomic E-state index is 13.5. The number of carbonyl (C=O) groups is 2. The first kappa shape index (κ1) is 20.6. The summed E-state index contributed by atoms with van der Waals surface area (Å²) in [6.45, 7) is 1.92. The zero-order valence-electron chi connectivity index (χ0n) is 17.7. The number of rotatable bonds is 3. The van der Waals surface area contributed by atoms with E-state index < -0.39 is 11.9 Å². The number of carbonyl (C=O) groups excluding carboxylic acids is 2. The lowest BCUT2D eigenvalue weighted by Gasteiger charge is -2.36. The van der Waals surface area contributed by atoms with Crippen LogP contribution in [-0.4, -0.2) is 25.7 Å². The van der Waals surface area contributed by atoms with Gasteiger partial charge in [0.05, 0.1) is 12.7 Å². The van der Waals surface area contributed by atoms with Crippen molar-refractivity contribution in [2.24, 2.45) is 0 Å². The van der Waals surface area contributed by atoms with Gasteiger partial charge in [0.15, 0.2) is 17.3 Å². The van der Waals surface area contributed by atoms with Crippen molar-refractivity contribution in [3.8, 4) is 11.5 Å². The van der Waals surface area contributed by atoms with E-state index in [-0.39, 0.29) is 18.5 Å². The van der Waals surface area contributed by atoms with Crippen molar-refractivity contribution in [1.82, 2.24) is 5.32 Å². The molecular weight excluding hydrogens is 430 g/mol. The number of esters is 1. The number of methoxy groups -OCH3 is 1. The summed E-state index contributed by atoms with van der Waals surface area (Å²) in [7, 11) is 1.33. The van der Waals surface area contributed by atoms with Crippen LogP contribution < -0.4 is 14.8 Å². The summed E-state index contributed by atoms with van der Waals surface area (Å²) < 4.78 is 16.0. The van der Waals surface area contributed by atoms with Crippen LogP contribution in [0.1, 0.15) is 42.7 Å². The molecule has 7 heteroatoms. The highest BCUT2D eigenvalue weighted by molar-refractivity contribution is 6.32. The molecule has 32 heavy (non-hydrogen) atoms. The van der Waals surface area contributed by atoms with Gasteiger partial charge in [-0.1, -0.05) is 41.9 Å². The van der Waals surface area contributed by atoms with Gasteiger partial charge in [0.1, 0.15) is 0 Å². The largest absolute Gasteiger partial charge is 0.466 e. The van der Waals surface area contributed by atoms with Gasteiger partial charge in [0, 0.05) is 40.4 Å². The van der Waals surface area contributed by atoms with E-state index in [1.165, 1.54) is 7.11 Å². The van der Waals surface area contributed by atoms with Crippen LogP contribution in [0, 0.1) is 0 Å². The highest BCUT2D eigenvalue weighted by Crippen LogP contribution is 2.49. The molecule has 0 unspecified atom stereocenters. The van der Waals surface area contributed by atoms with Gasteiger partial charge < -0.3 is 19.5 Å². The molecule has 1 aliphatic carbocycles. The molecule has 6 nitrogen and oxygen atoms in total. The van der Waals surface area contributed by atoms with Crippen LogP contribution in [0.25, 0.3) is 0 Å². The zero-order chi connectivity index (χ0) is 22.4. The lowest BCUT2D eigenvalue weighted by atomic mass is 9.71. The van der Waals surface area contributed by atoms with E-state index in [4.69, 9.17) is 25.8 Å². The Balaban J connectivity index is 1.65. The van der Waals surface area contributed by atoms with Gasteiger partial charge in [-0.3, -0.25) is 4.79 Å². The first-order valence-electron chi connectivity index (χ1n) is 10.4. The highest BCUT2D eigenvalue weighted by Gasteiger charge is 2.42. The van der Waals surface area contributed by atoms with Crippen LogP contribution in [-0.2, 0) is 14.3 Å². The first-order valence-corrected chi connectivity index (χ1v) is 10.8. The van der Waals surface area contributed by atoms with Crippen molar-refractivity contribution in [1.29, 1.82) is 0 Å². The van der Waals surface area contributed by atoms with Crippen molar-refractivity contribution < 1.29 is 23.8 Å². The fourth-order valence-electron chi connectivity index (χ4n) is 4.85. The summed E-state index contributed by atoms with van der Waals surface area (Å²) in [6.07, 6.45) is 1.02. The number of hydrogen-bond donors (Lipinski definition) is 1. The topological polar surface area (TPSA) is 73.9 Å². The van der Waals surface area contributed by atoms with Crippen LogP contribution in [0.4, 0.5) is 0 Å². The molecular formula is C25H22ClNO5. The fraction of sp³-hybridized carbons (Fsp3) is 0.280.